The van der Waals surface area contributed by atoms with Gasteiger partial charge in [-0.25, -0.2) is 0 Å². The first-order chi connectivity index (χ1) is 30.8. The number of thiophene rings is 1. The third-order valence-corrected chi connectivity index (χ3v) is 13.1. The van der Waals surface area contributed by atoms with Gasteiger partial charge in [0.2, 0.25) is 0 Å². The van der Waals surface area contributed by atoms with Crippen molar-refractivity contribution in [3.8, 4) is 66.8 Å². The van der Waals surface area contributed by atoms with Crippen molar-refractivity contribution < 1.29 is 0 Å². The number of benzene rings is 10. The highest BCUT2D eigenvalue weighted by Gasteiger charge is 2.20. The molecular weight excluding hydrogens is 767 g/mol. The third-order valence-electron chi connectivity index (χ3n) is 12.0. The first-order valence-electron chi connectivity index (χ1n) is 21.2. The quantitative estimate of drug-likeness (QED) is 0.140. The van der Waals surface area contributed by atoms with Gasteiger partial charge in [0.15, 0.2) is 0 Å². The van der Waals surface area contributed by atoms with Crippen LogP contribution in [0, 0.1) is 0 Å². The lowest BCUT2D eigenvalue weighted by Crippen LogP contribution is -2.10. The van der Waals surface area contributed by atoms with Gasteiger partial charge >= 0.3 is 0 Å². The van der Waals surface area contributed by atoms with Crippen LogP contribution in [0.3, 0.4) is 0 Å². The molecule has 0 radical (unpaired) electrons. The van der Waals surface area contributed by atoms with Gasteiger partial charge in [-0.15, -0.1) is 11.3 Å². The first kappa shape index (κ1) is 37.2. The van der Waals surface area contributed by atoms with Crippen molar-refractivity contribution in [3.63, 3.8) is 0 Å². The normalized spacial score (nSPS) is 11.2. The summed E-state index contributed by atoms with van der Waals surface area (Å²) in [4.78, 5) is 2.43. The van der Waals surface area contributed by atoms with E-state index >= 15 is 0 Å². The second-order valence-corrected chi connectivity index (χ2v) is 16.7. The van der Waals surface area contributed by atoms with Gasteiger partial charge < -0.3 is 4.90 Å². The summed E-state index contributed by atoms with van der Waals surface area (Å²) in [5.74, 6) is 0. The number of rotatable bonds is 9. The number of anilines is 3. The van der Waals surface area contributed by atoms with E-state index in [1.54, 1.807) is 0 Å². The van der Waals surface area contributed by atoms with Crippen LogP contribution in [0.5, 0.6) is 0 Å². The Kier molecular flexibility index (Phi) is 9.82. The monoisotopic (exact) mass is 807 g/mol. The van der Waals surface area contributed by atoms with Crippen molar-refractivity contribution in [1.29, 1.82) is 0 Å². The molecule has 0 aliphatic rings. The van der Waals surface area contributed by atoms with E-state index in [9.17, 15) is 0 Å². The highest BCUT2D eigenvalue weighted by molar-refractivity contribution is 7.26. The SMILES string of the molecule is c1ccc(-c2ccccc2-c2ccccc2-c2ccc(N(c3ccc(-c4ccccc4-c4ccccc4-c4ccccc4)cc3)c3cccc4sc5ccccc5c34)cc2)cc1. The van der Waals surface area contributed by atoms with Gasteiger partial charge in [0.25, 0.3) is 0 Å². The molecule has 0 fully saturated rings. The molecule has 0 saturated carbocycles. The molecule has 11 rings (SSSR count). The molecule has 1 nitrogen and oxygen atoms in total. The van der Waals surface area contributed by atoms with E-state index in [2.05, 4.69) is 254 Å². The Morgan fingerprint density at radius 3 is 1.02 bits per heavy atom. The maximum atomic E-state index is 2.43. The summed E-state index contributed by atoms with van der Waals surface area (Å²) in [7, 11) is 0. The zero-order valence-corrected chi connectivity index (χ0v) is 34.8. The van der Waals surface area contributed by atoms with Crippen LogP contribution >= 0.6 is 11.3 Å². The van der Waals surface area contributed by atoms with Crippen LogP contribution < -0.4 is 4.90 Å². The van der Waals surface area contributed by atoms with E-state index in [1.165, 1.54) is 86.9 Å². The first-order valence-corrected chi connectivity index (χ1v) is 22.0. The summed E-state index contributed by atoms with van der Waals surface area (Å²) in [6.07, 6.45) is 0. The van der Waals surface area contributed by atoms with Crippen molar-refractivity contribution in [3.05, 3.63) is 249 Å². The molecule has 62 heavy (non-hydrogen) atoms. The maximum Gasteiger partial charge on any atom is 0.0554 e. The summed E-state index contributed by atoms with van der Waals surface area (Å²) < 4.78 is 2.57. The summed E-state index contributed by atoms with van der Waals surface area (Å²) in [5, 5.41) is 2.55. The topological polar surface area (TPSA) is 3.24 Å². The molecule has 11 aromatic rings. The van der Waals surface area contributed by atoms with E-state index in [-0.39, 0.29) is 0 Å². The van der Waals surface area contributed by atoms with Gasteiger partial charge in [0, 0.05) is 31.5 Å². The van der Waals surface area contributed by atoms with Gasteiger partial charge in [-0.3, -0.25) is 0 Å². The molecule has 0 N–H and O–H groups in total. The van der Waals surface area contributed by atoms with E-state index in [0.29, 0.717) is 0 Å². The molecule has 0 aliphatic carbocycles. The van der Waals surface area contributed by atoms with Gasteiger partial charge in [0.05, 0.1) is 5.69 Å². The Balaban J connectivity index is 1.02. The standard InChI is InChI=1S/C60H41NS/c1-3-18-42(19-4-1)48-22-7-11-26-52(48)54-28-13-9-24-50(54)44-34-38-46(39-35-44)61(57-31-17-33-59-60(57)56-30-15-16-32-58(56)62-59)47-40-36-45(37-41-47)51-25-10-14-29-55(51)53-27-12-8-23-49(53)43-20-5-2-6-21-43/h1-41H. The Hall–Kier alpha value is -7.78. The summed E-state index contributed by atoms with van der Waals surface area (Å²) in [6.45, 7) is 0. The molecule has 2 heteroatoms. The molecule has 1 aromatic heterocycles. The highest BCUT2D eigenvalue weighted by Crippen LogP contribution is 2.47. The molecule has 1 heterocycles. The minimum atomic E-state index is 1.10. The van der Waals surface area contributed by atoms with Crippen LogP contribution in [0.4, 0.5) is 17.1 Å². The lowest BCUT2D eigenvalue weighted by atomic mass is 9.89. The van der Waals surface area contributed by atoms with E-state index < -0.39 is 0 Å². The molecule has 0 unspecified atom stereocenters. The van der Waals surface area contributed by atoms with E-state index in [1.807, 2.05) is 11.3 Å². The minimum absolute atomic E-state index is 1.10. The molecule has 0 saturated heterocycles. The van der Waals surface area contributed by atoms with Crippen LogP contribution in [0.15, 0.2) is 249 Å². The fraction of sp³-hybridized carbons (Fsp3) is 0. The average Bonchev–Trinajstić information content (AvgIpc) is 3.75. The zero-order valence-electron chi connectivity index (χ0n) is 34.0. The molecule has 0 amide bonds. The minimum Gasteiger partial charge on any atom is -0.310 e. The van der Waals surface area contributed by atoms with Crippen molar-refractivity contribution in [2.45, 2.75) is 0 Å². The number of hydrogen-bond donors (Lipinski definition) is 0. The van der Waals surface area contributed by atoms with Crippen molar-refractivity contribution in [2.75, 3.05) is 4.90 Å². The predicted molar refractivity (Wildman–Crippen MR) is 267 cm³/mol. The number of nitrogens with zero attached hydrogens (tertiary/aromatic N) is 1. The molecule has 0 spiro atoms. The Bertz CT molecular complexity index is 3160. The predicted octanol–water partition coefficient (Wildman–Crippen LogP) is 17.5. The van der Waals surface area contributed by atoms with Crippen molar-refractivity contribution in [2.24, 2.45) is 0 Å². The summed E-state index contributed by atoms with van der Waals surface area (Å²) in [5.41, 5.74) is 17.9. The number of fused-ring (bicyclic) bond motifs is 3. The van der Waals surface area contributed by atoms with Crippen LogP contribution in [-0.4, -0.2) is 0 Å². The highest BCUT2D eigenvalue weighted by atomic mass is 32.1. The lowest BCUT2D eigenvalue weighted by Gasteiger charge is -2.27. The Labute approximate surface area is 367 Å². The van der Waals surface area contributed by atoms with Crippen LogP contribution in [0.2, 0.25) is 0 Å². The zero-order chi connectivity index (χ0) is 41.2. The van der Waals surface area contributed by atoms with Gasteiger partial charge in [-0.1, -0.05) is 206 Å². The smallest absolute Gasteiger partial charge is 0.0554 e. The van der Waals surface area contributed by atoms with Gasteiger partial charge in [-0.05, 0) is 109 Å². The van der Waals surface area contributed by atoms with Crippen LogP contribution in [0.1, 0.15) is 0 Å². The summed E-state index contributed by atoms with van der Waals surface area (Å²) >= 11 is 1.85. The number of hydrogen-bond acceptors (Lipinski definition) is 2. The van der Waals surface area contributed by atoms with E-state index in [4.69, 9.17) is 0 Å². The maximum absolute atomic E-state index is 2.43. The Morgan fingerprint density at radius 2 is 0.581 bits per heavy atom. The van der Waals surface area contributed by atoms with Crippen molar-refractivity contribution >= 4 is 48.6 Å². The van der Waals surface area contributed by atoms with Gasteiger partial charge in [0.1, 0.15) is 0 Å². The molecule has 292 valence electrons. The average molecular weight is 808 g/mol. The molecule has 0 bridgehead atoms. The van der Waals surface area contributed by atoms with Crippen LogP contribution in [-0.2, 0) is 0 Å². The summed E-state index contributed by atoms with van der Waals surface area (Å²) in [6, 6.07) is 90.2. The fourth-order valence-corrected chi connectivity index (χ4v) is 10.2. The fourth-order valence-electron chi connectivity index (χ4n) is 9.06. The molecule has 0 aliphatic heterocycles. The van der Waals surface area contributed by atoms with E-state index in [0.717, 1.165) is 17.1 Å². The van der Waals surface area contributed by atoms with Crippen molar-refractivity contribution in [1.82, 2.24) is 0 Å². The lowest BCUT2D eigenvalue weighted by molar-refractivity contribution is 1.30. The molecular formula is C60H41NS. The van der Waals surface area contributed by atoms with Gasteiger partial charge in [-0.2, -0.15) is 0 Å². The van der Waals surface area contributed by atoms with Crippen LogP contribution in [0.25, 0.3) is 86.9 Å². The third kappa shape index (κ3) is 6.87. The molecule has 0 atom stereocenters. The molecule has 10 aromatic carbocycles. The second kappa shape index (κ2) is 16.3. The second-order valence-electron chi connectivity index (χ2n) is 15.6. The Morgan fingerprint density at radius 1 is 0.242 bits per heavy atom. The largest absolute Gasteiger partial charge is 0.310 e.